The first-order valence-corrected chi connectivity index (χ1v) is 10.9. The molecule has 0 amide bonds. The lowest BCUT2D eigenvalue weighted by Crippen LogP contribution is -2.49. The van der Waals surface area contributed by atoms with Crippen LogP contribution in [0.15, 0.2) is 35.1 Å². The summed E-state index contributed by atoms with van der Waals surface area (Å²) in [5.41, 5.74) is 1.23. The van der Waals surface area contributed by atoms with Crippen molar-refractivity contribution in [2.75, 3.05) is 31.2 Å². The van der Waals surface area contributed by atoms with E-state index in [1.165, 1.54) is 10.6 Å². The monoisotopic (exact) mass is 432 g/mol. The number of anilines is 1. The van der Waals surface area contributed by atoms with Gasteiger partial charge in [0.25, 0.3) is 5.56 Å². The molecule has 0 aliphatic carbocycles. The molecule has 1 aromatic carbocycles. The van der Waals surface area contributed by atoms with Gasteiger partial charge in [0, 0.05) is 37.3 Å². The summed E-state index contributed by atoms with van der Waals surface area (Å²) < 4.78 is 19.0. The fourth-order valence-electron chi connectivity index (χ4n) is 4.19. The predicted molar refractivity (Wildman–Crippen MR) is 121 cm³/mol. The molecule has 2 radical (unpaired) electrons. The highest BCUT2D eigenvalue weighted by atomic mass is 16.5. The zero-order valence-corrected chi connectivity index (χ0v) is 18.3. The molecule has 3 aromatic rings. The van der Waals surface area contributed by atoms with Crippen molar-refractivity contribution in [2.24, 2.45) is 0 Å². The molecule has 8 nitrogen and oxygen atoms in total. The molecule has 4 heterocycles. The van der Waals surface area contributed by atoms with Crippen molar-refractivity contribution < 1.29 is 14.2 Å². The number of nitrogens with zero attached hydrogens (tertiary/aromatic N) is 4. The first-order chi connectivity index (χ1) is 15.4. The zero-order valence-electron chi connectivity index (χ0n) is 18.3. The average molecular weight is 432 g/mol. The molecule has 9 heteroatoms. The Balaban J connectivity index is 1.32. The molecule has 0 saturated carbocycles. The smallest absolute Gasteiger partial charge is 0.274 e. The molecule has 0 atom stereocenters. The molecule has 0 unspecified atom stereocenters. The summed E-state index contributed by atoms with van der Waals surface area (Å²) in [5.74, 6) is 2.85. The summed E-state index contributed by atoms with van der Waals surface area (Å²) in [6.45, 7) is 6.38. The van der Waals surface area contributed by atoms with Gasteiger partial charge in [-0.3, -0.25) is 4.79 Å². The van der Waals surface area contributed by atoms with Gasteiger partial charge in [0.1, 0.15) is 13.6 Å². The van der Waals surface area contributed by atoms with Gasteiger partial charge in [0.2, 0.25) is 0 Å². The van der Waals surface area contributed by atoms with Gasteiger partial charge in [0.15, 0.2) is 23.0 Å². The maximum absolute atomic E-state index is 12.4. The van der Waals surface area contributed by atoms with Crippen molar-refractivity contribution in [1.29, 1.82) is 0 Å². The van der Waals surface area contributed by atoms with Crippen LogP contribution in [-0.2, 0) is 0 Å². The Labute approximate surface area is 187 Å². The number of hydrogen-bond donors (Lipinski definition) is 0. The molecule has 164 valence electrons. The number of aryl methyl sites for hydroxylation is 2. The fourth-order valence-corrected chi connectivity index (χ4v) is 4.19. The lowest BCUT2D eigenvalue weighted by atomic mass is 9.73. The van der Waals surface area contributed by atoms with Crippen molar-refractivity contribution >= 4 is 19.3 Å². The SMILES string of the molecule is [B]C1(Oc2ccc3c(c2)OCCCO3)CCN(c2nn3c(=O)cc(C)nc3cc2C)CC1. The average Bonchev–Trinajstić information content (AvgIpc) is 2.99. The topological polar surface area (TPSA) is 78.2 Å². The second-order valence-electron chi connectivity index (χ2n) is 8.47. The molecule has 1 fully saturated rings. The third-order valence-corrected chi connectivity index (χ3v) is 5.89. The zero-order chi connectivity index (χ0) is 22.3. The minimum Gasteiger partial charge on any atom is -0.497 e. The van der Waals surface area contributed by atoms with Crippen LogP contribution in [-0.4, -0.2) is 54.2 Å². The van der Waals surface area contributed by atoms with Gasteiger partial charge in [-0.15, -0.1) is 5.10 Å². The van der Waals surface area contributed by atoms with Crippen LogP contribution in [0.25, 0.3) is 5.65 Å². The molecular formula is C23H25BN4O4. The van der Waals surface area contributed by atoms with Crippen molar-refractivity contribution in [3.63, 3.8) is 0 Å². The third kappa shape index (κ3) is 3.99. The van der Waals surface area contributed by atoms with E-state index in [9.17, 15) is 4.79 Å². The maximum atomic E-state index is 12.4. The van der Waals surface area contributed by atoms with Crippen molar-refractivity contribution in [2.45, 2.75) is 38.6 Å². The van der Waals surface area contributed by atoms with Crippen molar-refractivity contribution in [3.05, 3.63) is 51.9 Å². The molecule has 0 bridgehead atoms. The molecule has 1 saturated heterocycles. The Morgan fingerprint density at radius 3 is 2.59 bits per heavy atom. The van der Waals surface area contributed by atoms with E-state index < -0.39 is 5.50 Å². The Morgan fingerprint density at radius 1 is 1.06 bits per heavy atom. The van der Waals surface area contributed by atoms with E-state index in [1.807, 2.05) is 31.2 Å². The lowest BCUT2D eigenvalue weighted by molar-refractivity contribution is 0.126. The fraction of sp³-hybridized carbons (Fsp3) is 0.435. The Bertz CT molecular complexity index is 1220. The second kappa shape index (κ2) is 8.04. The lowest BCUT2D eigenvalue weighted by Gasteiger charge is -2.41. The largest absolute Gasteiger partial charge is 0.497 e. The summed E-state index contributed by atoms with van der Waals surface area (Å²) >= 11 is 0. The van der Waals surface area contributed by atoms with Crippen LogP contribution in [0.5, 0.6) is 17.2 Å². The summed E-state index contributed by atoms with van der Waals surface area (Å²) in [7, 11) is 6.60. The highest BCUT2D eigenvalue weighted by molar-refractivity contribution is 6.14. The first-order valence-electron chi connectivity index (χ1n) is 10.9. The second-order valence-corrected chi connectivity index (χ2v) is 8.47. The number of rotatable bonds is 3. The number of benzene rings is 1. The van der Waals surface area contributed by atoms with E-state index in [0.717, 1.165) is 23.6 Å². The first kappa shape index (κ1) is 20.7. The van der Waals surface area contributed by atoms with Gasteiger partial charge in [-0.25, -0.2) is 4.98 Å². The van der Waals surface area contributed by atoms with Crippen LogP contribution in [0.1, 0.15) is 30.5 Å². The minimum absolute atomic E-state index is 0.184. The van der Waals surface area contributed by atoms with E-state index in [-0.39, 0.29) is 5.56 Å². The molecule has 2 aliphatic rings. The highest BCUT2D eigenvalue weighted by Crippen LogP contribution is 2.36. The molecule has 5 rings (SSSR count). The van der Waals surface area contributed by atoms with E-state index >= 15 is 0 Å². The number of piperidine rings is 1. The van der Waals surface area contributed by atoms with Gasteiger partial charge in [-0.05, 0) is 50.5 Å². The number of aromatic nitrogens is 3. The molecule has 2 aromatic heterocycles. The summed E-state index contributed by atoms with van der Waals surface area (Å²) in [6, 6.07) is 8.96. The Kier molecular flexibility index (Phi) is 5.19. The van der Waals surface area contributed by atoms with Crippen molar-refractivity contribution in [3.8, 4) is 17.2 Å². The van der Waals surface area contributed by atoms with Crippen molar-refractivity contribution in [1.82, 2.24) is 14.6 Å². The summed E-state index contributed by atoms with van der Waals surface area (Å²) in [5, 5.41) is 4.58. The Morgan fingerprint density at radius 2 is 1.81 bits per heavy atom. The molecular weight excluding hydrogens is 407 g/mol. The van der Waals surface area contributed by atoms with Gasteiger partial charge in [0.05, 0.1) is 18.7 Å². The number of hydrogen-bond acceptors (Lipinski definition) is 7. The summed E-state index contributed by atoms with van der Waals surface area (Å²) in [4.78, 5) is 18.9. The van der Waals surface area contributed by atoms with Gasteiger partial charge in [-0.1, -0.05) is 0 Å². The van der Waals surface area contributed by atoms with Crippen LogP contribution < -0.4 is 24.7 Å². The highest BCUT2D eigenvalue weighted by Gasteiger charge is 2.33. The minimum atomic E-state index is -0.795. The van der Waals surface area contributed by atoms with E-state index in [0.29, 0.717) is 62.0 Å². The van der Waals surface area contributed by atoms with Gasteiger partial charge < -0.3 is 19.1 Å². The summed E-state index contributed by atoms with van der Waals surface area (Å²) in [6.07, 6.45) is 2.08. The van der Waals surface area contributed by atoms with Crippen LogP contribution in [0.4, 0.5) is 5.82 Å². The van der Waals surface area contributed by atoms with Crippen LogP contribution in [0.3, 0.4) is 0 Å². The standard InChI is InChI=1S/C23H25BN4O4/c1-15-12-20-25-16(2)13-21(29)28(20)26-22(15)27-8-6-23(24,7-9-27)32-17-4-5-18-19(14-17)31-11-3-10-30-18/h4-5,12-14H,3,6-11H2,1-2H3. The Hall–Kier alpha value is -3.23. The van der Waals surface area contributed by atoms with Crippen LogP contribution in [0, 0.1) is 13.8 Å². The molecule has 32 heavy (non-hydrogen) atoms. The maximum Gasteiger partial charge on any atom is 0.274 e. The van der Waals surface area contributed by atoms with E-state index in [1.54, 1.807) is 6.92 Å². The predicted octanol–water partition coefficient (Wildman–Crippen LogP) is 2.41. The number of ether oxygens (including phenoxy) is 3. The normalized spacial score (nSPS) is 17.8. The van der Waals surface area contributed by atoms with Crippen LogP contribution >= 0.6 is 0 Å². The molecule has 2 aliphatic heterocycles. The number of fused-ring (bicyclic) bond motifs is 2. The van der Waals surface area contributed by atoms with Gasteiger partial charge >= 0.3 is 0 Å². The van der Waals surface area contributed by atoms with Crippen LogP contribution in [0.2, 0.25) is 0 Å². The van der Waals surface area contributed by atoms with E-state index in [2.05, 4.69) is 15.0 Å². The molecule has 0 N–H and O–H groups in total. The van der Waals surface area contributed by atoms with Gasteiger partial charge in [-0.2, -0.15) is 4.52 Å². The van der Waals surface area contributed by atoms with E-state index in [4.69, 9.17) is 22.1 Å². The quantitative estimate of drug-likeness (QED) is 0.589. The molecule has 0 spiro atoms. The third-order valence-electron chi connectivity index (χ3n) is 5.89.